The van der Waals surface area contributed by atoms with Gasteiger partial charge in [-0.15, -0.1) is 0 Å². The van der Waals surface area contributed by atoms with Crippen molar-refractivity contribution in [1.82, 2.24) is 4.98 Å². The van der Waals surface area contributed by atoms with E-state index >= 15 is 0 Å². The summed E-state index contributed by atoms with van der Waals surface area (Å²) in [4.78, 5) is 4.84. The molecule has 0 radical (unpaired) electrons. The molecule has 0 saturated carbocycles. The summed E-state index contributed by atoms with van der Waals surface area (Å²) >= 11 is 6.04. The smallest absolute Gasteiger partial charge is 0.369 e. The molecule has 0 spiro atoms. The first-order chi connectivity index (χ1) is 12.3. The van der Waals surface area contributed by atoms with Gasteiger partial charge in [-0.3, -0.25) is 0 Å². The van der Waals surface area contributed by atoms with E-state index in [1.54, 1.807) is 19.3 Å². The van der Waals surface area contributed by atoms with Crippen LogP contribution in [0.25, 0.3) is 11.1 Å². The Bertz CT molecular complexity index is 918. The van der Waals surface area contributed by atoms with Crippen LogP contribution in [0.3, 0.4) is 0 Å². The number of nitrogens with one attached hydrogen (secondary N) is 1. The van der Waals surface area contributed by atoms with Gasteiger partial charge in [0.05, 0.1) is 11.3 Å². The summed E-state index contributed by atoms with van der Waals surface area (Å²) in [6.45, 7) is 0.250. The first-order valence-electron chi connectivity index (χ1n) is 7.75. The fourth-order valence-electron chi connectivity index (χ4n) is 2.80. The highest BCUT2D eigenvalue weighted by Crippen LogP contribution is 2.34. The Morgan fingerprint density at radius 2 is 1.85 bits per heavy atom. The lowest BCUT2D eigenvalue weighted by atomic mass is 10.1. The molecule has 136 valence electrons. The normalized spacial score (nSPS) is 11.6. The van der Waals surface area contributed by atoms with Crippen LogP contribution in [0.4, 0.5) is 23.2 Å². The van der Waals surface area contributed by atoms with E-state index in [4.69, 9.17) is 11.6 Å². The minimum atomic E-state index is -4.70. The van der Waals surface area contributed by atoms with Gasteiger partial charge in [0.25, 0.3) is 0 Å². The van der Waals surface area contributed by atoms with E-state index in [9.17, 15) is 17.6 Å². The quantitative estimate of drug-likeness (QED) is 0.538. The SMILES string of the molecule is CN(Cc1ccc(C(F)(F)F)c(F)c1)c1c[nH]cc1-c1cccc(Cl)c1. The monoisotopic (exact) mass is 382 g/mol. The highest BCUT2D eigenvalue weighted by molar-refractivity contribution is 6.30. The second-order valence-corrected chi connectivity index (χ2v) is 6.37. The Balaban J connectivity index is 1.85. The third kappa shape index (κ3) is 3.85. The van der Waals surface area contributed by atoms with Crippen molar-refractivity contribution in [3.63, 3.8) is 0 Å². The van der Waals surface area contributed by atoms with Gasteiger partial charge in [0, 0.05) is 36.6 Å². The Morgan fingerprint density at radius 3 is 2.50 bits per heavy atom. The molecule has 0 unspecified atom stereocenters. The first-order valence-corrected chi connectivity index (χ1v) is 8.13. The number of benzene rings is 2. The lowest BCUT2D eigenvalue weighted by molar-refractivity contribution is -0.140. The van der Waals surface area contributed by atoms with Crippen LogP contribution in [0.15, 0.2) is 54.9 Å². The maximum Gasteiger partial charge on any atom is 0.419 e. The van der Waals surface area contributed by atoms with Gasteiger partial charge in [-0.1, -0.05) is 29.8 Å². The number of anilines is 1. The van der Waals surface area contributed by atoms with E-state index in [0.29, 0.717) is 10.6 Å². The average Bonchev–Trinajstić information content (AvgIpc) is 3.03. The fourth-order valence-corrected chi connectivity index (χ4v) is 2.99. The third-order valence-corrected chi connectivity index (χ3v) is 4.26. The molecule has 1 N–H and O–H groups in total. The standard InChI is InChI=1S/C19H15ClF4N2/c1-26(11-12-5-6-16(17(21)7-12)19(22,23)24)18-10-25-9-15(18)13-3-2-4-14(20)8-13/h2-10,25H,11H2,1H3. The Hall–Kier alpha value is -2.47. The fraction of sp³-hybridized carbons (Fsp3) is 0.158. The van der Waals surface area contributed by atoms with Crippen LogP contribution in [0.5, 0.6) is 0 Å². The first kappa shape index (κ1) is 18.3. The zero-order valence-electron chi connectivity index (χ0n) is 13.7. The molecule has 0 fully saturated rings. The van der Waals surface area contributed by atoms with Crippen LogP contribution >= 0.6 is 11.6 Å². The highest BCUT2D eigenvalue weighted by Gasteiger charge is 2.33. The van der Waals surface area contributed by atoms with Crippen LogP contribution in [0.2, 0.25) is 5.02 Å². The van der Waals surface area contributed by atoms with Crippen LogP contribution < -0.4 is 4.90 Å². The summed E-state index contributed by atoms with van der Waals surface area (Å²) in [5, 5.41) is 0.599. The topological polar surface area (TPSA) is 19.0 Å². The van der Waals surface area contributed by atoms with Crippen molar-refractivity contribution in [2.24, 2.45) is 0 Å². The van der Waals surface area contributed by atoms with Crippen LogP contribution in [-0.2, 0) is 12.7 Å². The molecule has 3 rings (SSSR count). The van der Waals surface area contributed by atoms with E-state index in [1.165, 1.54) is 6.07 Å². The molecule has 0 bridgehead atoms. The van der Waals surface area contributed by atoms with Gasteiger partial charge in [-0.25, -0.2) is 4.39 Å². The Labute approximate surface area is 153 Å². The van der Waals surface area contributed by atoms with Crippen molar-refractivity contribution in [2.75, 3.05) is 11.9 Å². The molecule has 0 amide bonds. The number of H-pyrrole nitrogens is 1. The molecular formula is C19H15ClF4N2. The minimum Gasteiger partial charge on any atom is -0.369 e. The largest absolute Gasteiger partial charge is 0.419 e. The van der Waals surface area contributed by atoms with Crippen molar-refractivity contribution < 1.29 is 17.6 Å². The molecule has 3 aromatic rings. The number of nitrogens with zero attached hydrogens (tertiary/aromatic N) is 1. The number of hydrogen-bond acceptors (Lipinski definition) is 1. The molecule has 0 saturated heterocycles. The number of hydrogen-bond donors (Lipinski definition) is 1. The van der Waals surface area contributed by atoms with Crippen LogP contribution in [0, 0.1) is 5.82 Å². The number of aromatic amines is 1. The van der Waals surface area contributed by atoms with Crippen molar-refractivity contribution in [3.05, 3.63) is 76.8 Å². The Kier molecular flexibility index (Phi) is 4.96. The lowest BCUT2D eigenvalue weighted by Gasteiger charge is -2.20. The average molecular weight is 383 g/mol. The summed E-state index contributed by atoms with van der Waals surface area (Å²) < 4.78 is 51.8. The minimum absolute atomic E-state index is 0.250. The molecule has 0 atom stereocenters. The molecule has 7 heteroatoms. The van der Waals surface area contributed by atoms with Crippen molar-refractivity contribution in [3.8, 4) is 11.1 Å². The summed E-state index contributed by atoms with van der Waals surface area (Å²) in [6, 6.07) is 10.3. The van der Waals surface area contributed by atoms with E-state index in [2.05, 4.69) is 4.98 Å². The Morgan fingerprint density at radius 1 is 1.08 bits per heavy atom. The summed E-state index contributed by atoms with van der Waals surface area (Å²) in [5.41, 5.74) is 1.80. The van der Waals surface area contributed by atoms with E-state index in [0.717, 1.165) is 28.9 Å². The molecule has 0 aliphatic heterocycles. The maximum absolute atomic E-state index is 13.8. The molecular weight excluding hydrogens is 368 g/mol. The zero-order valence-corrected chi connectivity index (χ0v) is 14.5. The van der Waals surface area contributed by atoms with E-state index < -0.39 is 17.6 Å². The molecule has 2 nitrogen and oxygen atoms in total. The second kappa shape index (κ2) is 7.03. The highest BCUT2D eigenvalue weighted by atomic mass is 35.5. The van der Waals surface area contributed by atoms with Gasteiger partial charge in [-0.05, 0) is 35.4 Å². The number of alkyl halides is 3. The number of rotatable bonds is 4. The van der Waals surface area contributed by atoms with Crippen molar-refractivity contribution in [2.45, 2.75) is 12.7 Å². The maximum atomic E-state index is 13.8. The van der Waals surface area contributed by atoms with Crippen molar-refractivity contribution >= 4 is 17.3 Å². The summed E-state index contributed by atoms with van der Waals surface area (Å²) in [5.74, 6) is -1.27. The second-order valence-electron chi connectivity index (χ2n) is 5.93. The van der Waals surface area contributed by atoms with Gasteiger partial charge in [-0.2, -0.15) is 13.2 Å². The number of halogens is 5. The van der Waals surface area contributed by atoms with Crippen LogP contribution in [0.1, 0.15) is 11.1 Å². The third-order valence-electron chi connectivity index (χ3n) is 4.03. The summed E-state index contributed by atoms with van der Waals surface area (Å²) in [7, 11) is 1.78. The lowest BCUT2D eigenvalue weighted by Crippen LogP contribution is -2.17. The van der Waals surface area contributed by atoms with Gasteiger partial charge in [0.1, 0.15) is 5.82 Å². The molecule has 0 aliphatic rings. The van der Waals surface area contributed by atoms with Crippen molar-refractivity contribution in [1.29, 1.82) is 0 Å². The zero-order chi connectivity index (χ0) is 18.9. The molecule has 26 heavy (non-hydrogen) atoms. The van der Waals surface area contributed by atoms with Crippen LogP contribution in [-0.4, -0.2) is 12.0 Å². The predicted molar refractivity (Wildman–Crippen MR) is 94.7 cm³/mol. The predicted octanol–water partition coefficient (Wildman–Crippen LogP) is 6.13. The number of aromatic nitrogens is 1. The molecule has 1 aromatic heterocycles. The van der Waals surface area contributed by atoms with Gasteiger partial charge < -0.3 is 9.88 Å². The summed E-state index contributed by atoms with van der Waals surface area (Å²) in [6.07, 6.45) is -1.11. The molecule has 1 heterocycles. The molecule has 2 aromatic carbocycles. The van der Waals surface area contributed by atoms with Gasteiger partial charge in [0.15, 0.2) is 0 Å². The van der Waals surface area contributed by atoms with Gasteiger partial charge >= 0.3 is 6.18 Å². The van der Waals surface area contributed by atoms with E-state index in [1.807, 2.05) is 29.3 Å². The molecule has 0 aliphatic carbocycles. The van der Waals surface area contributed by atoms with Gasteiger partial charge in [0.2, 0.25) is 0 Å². The van der Waals surface area contributed by atoms with E-state index in [-0.39, 0.29) is 6.54 Å².